The van der Waals surface area contributed by atoms with Crippen molar-refractivity contribution in [1.82, 2.24) is 24.8 Å². The van der Waals surface area contributed by atoms with Gasteiger partial charge in [-0.1, -0.05) is 0 Å². The number of carbonyl (C=O) groups is 1. The lowest BCUT2D eigenvalue weighted by molar-refractivity contribution is -0.136. The van der Waals surface area contributed by atoms with Crippen LogP contribution in [0.25, 0.3) is 0 Å². The molecule has 0 unspecified atom stereocenters. The van der Waals surface area contributed by atoms with Gasteiger partial charge >= 0.3 is 0 Å². The fourth-order valence-corrected chi connectivity index (χ4v) is 3.48. The first-order valence-corrected chi connectivity index (χ1v) is 8.27. The van der Waals surface area contributed by atoms with Crippen LogP contribution in [0.3, 0.4) is 0 Å². The highest BCUT2D eigenvalue weighted by Gasteiger charge is 2.31. The van der Waals surface area contributed by atoms with Gasteiger partial charge in [0.1, 0.15) is 6.54 Å². The summed E-state index contributed by atoms with van der Waals surface area (Å²) in [7, 11) is 0. The Morgan fingerprint density at radius 1 is 1.17 bits per heavy atom. The van der Waals surface area contributed by atoms with Crippen LogP contribution in [0, 0.1) is 11.8 Å². The van der Waals surface area contributed by atoms with Crippen LogP contribution in [-0.2, 0) is 16.1 Å². The van der Waals surface area contributed by atoms with Crippen molar-refractivity contribution in [1.29, 1.82) is 0 Å². The van der Waals surface area contributed by atoms with Crippen LogP contribution in [0.5, 0.6) is 0 Å². The molecule has 2 aliphatic rings. The number of morpholine rings is 1. The van der Waals surface area contributed by atoms with Crippen LogP contribution < -0.4 is 0 Å². The fourth-order valence-electron chi connectivity index (χ4n) is 3.48. The summed E-state index contributed by atoms with van der Waals surface area (Å²) in [5.41, 5.74) is 0. The van der Waals surface area contributed by atoms with Crippen molar-refractivity contribution < 1.29 is 14.6 Å². The summed E-state index contributed by atoms with van der Waals surface area (Å²) in [6, 6.07) is 0. The molecule has 0 aromatic carbocycles. The average Bonchev–Trinajstić information content (AvgIpc) is 3.08. The van der Waals surface area contributed by atoms with Gasteiger partial charge in [0.2, 0.25) is 5.91 Å². The Kier molecular flexibility index (Phi) is 5.58. The summed E-state index contributed by atoms with van der Waals surface area (Å²) in [5, 5.41) is 17.5. The number of aromatic nitrogens is 3. The number of nitrogens with zero attached hydrogens (tertiary/aromatic N) is 5. The number of aliphatic hydroxyl groups excluding tert-OH is 1. The molecule has 2 fully saturated rings. The summed E-state index contributed by atoms with van der Waals surface area (Å²) >= 11 is 0. The Labute approximate surface area is 136 Å². The van der Waals surface area contributed by atoms with Crippen LogP contribution in [-0.4, -0.2) is 88.4 Å². The predicted molar refractivity (Wildman–Crippen MR) is 82.5 cm³/mol. The Hall–Kier alpha value is -1.51. The number of amides is 1. The van der Waals surface area contributed by atoms with E-state index < -0.39 is 0 Å². The molecular weight excluding hydrogens is 298 g/mol. The molecule has 1 aromatic rings. The number of rotatable bonds is 5. The van der Waals surface area contributed by atoms with Crippen molar-refractivity contribution in [2.45, 2.75) is 13.0 Å². The first kappa shape index (κ1) is 16.4. The molecule has 128 valence electrons. The normalized spacial score (nSPS) is 26.4. The van der Waals surface area contributed by atoms with Crippen LogP contribution >= 0.6 is 0 Å². The van der Waals surface area contributed by atoms with E-state index in [1.165, 1.54) is 4.80 Å². The van der Waals surface area contributed by atoms with Gasteiger partial charge in [0.05, 0.1) is 25.6 Å². The van der Waals surface area contributed by atoms with E-state index in [1.807, 2.05) is 4.90 Å². The van der Waals surface area contributed by atoms with E-state index >= 15 is 0 Å². The highest BCUT2D eigenvalue weighted by molar-refractivity contribution is 5.75. The number of piperidine rings is 1. The first-order valence-electron chi connectivity index (χ1n) is 8.27. The molecule has 2 atom stereocenters. The minimum absolute atomic E-state index is 0.0197. The van der Waals surface area contributed by atoms with Gasteiger partial charge in [0, 0.05) is 39.3 Å². The predicted octanol–water partition coefficient (Wildman–Crippen LogP) is -0.933. The molecule has 2 saturated heterocycles. The highest BCUT2D eigenvalue weighted by atomic mass is 16.5. The van der Waals surface area contributed by atoms with Crippen LogP contribution in [0.4, 0.5) is 0 Å². The van der Waals surface area contributed by atoms with Gasteiger partial charge < -0.3 is 14.7 Å². The number of ether oxygens (including phenoxy) is 1. The molecule has 2 aliphatic heterocycles. The number of aliphatic hydroxyl groups is 1. The Morgan fingerprint density at radius 3 is 2.57 bits per heavy atom. The van der Waals surface area contributed by atoms with Crippen molar-refractivity contribution in [2.24, 2.45) is 11.8 Å². The molecule has 1 N–H and O–H groups in total. The second kappa shape index (κ2) is 7.85. The summed E-state index contributed by atoms with van der Waals surface area (Å²) in [5.74, 6) is 0.573. The molecule has 1 amide bonds. The van der Waals surface area contributed by atoms with Crippen molar-refractivity contribution in [3.63, 3.8) is 0 Å². The van der Waals surface area contributed by atoms with Gasteiger partial charge in [-0.2, -0.15) is 15.0 Å². The van der Waals surface area contributed by atoms with E-state index in [4.69, 9.17) is 4.74 Å². The van der Waals surface area contributed by atoms with Crippen molar-refractivity contribution in [2.75, 3.05) is 52.5 Å². The minimum Gasteiger partial charge on any atom is -0.396 e. The molecule has 0 aliphatic carbocycles. The average molecular weight is 323 g/mol. The van der Waals surface area contributed by atoms with Crippen LogP contribution in [0.1, 0.15) is 6.42 Å². The lowest BCUT2D eigenvalue weighted by atomic mass is 9.89. The summed E-state index contributed by atoms with van der Waals surface area (Å²) in [6.45, 7) is 6.08. The number of carbonyl (C=O) groups excluding carboxylic acids is 1. The topological polar surface area (TPSA) is 83.7 Å². The van der Waals surface area contributed by atoms with Gasteiger partial charge in [0.15, 0.2) is 0 Å². The van der Waals surface area contributed by atoms with E-state index in [1.54, 1.807) is 12.4 Å². The summed E-state index contributed by atoms with van der Waals surface area (Å²) < 4.78 is 5.39. The quantitative estimate of drug-likeness (QED) is 0.753. The van der Waals surface area contributed by atoms with E-state index in [0.29, 0.717) is 12.5 Å². The molecule has 0 saturated carbocycles. The molecule has 8 heteroatoms. The molecule has 0 radical (unpaired) electrons. The van der Waals surface area contributed by atoms with Gasteiger partial charge in [-0.15, -0.1) is 0 Å². The number of hydrogen-bond acceptors (Lipinski definition) is 6. The molecule has 0 spiro atoms. The third kappa shape index (κ3) is 4.49. The molecule has 0 bridgehead atoms. The summed E-state index contributed by atoms with van der Waals surface area (Å²) in [6.07, 6.45) is 4.11. The Balaban J connectivity index is 1.57. The van der Waals surface area contributed by atoms with Gasteiger partial charge in [0.25, 0.3) is 0 Å². The zero-order valence-corrected chi connectivity index (χ0v) is 13.4. The third-order valence-electron chi connectivity index (χ3n) is 4.60. The third-order valence-corrected chi connectivity index (χ3v) is 4.60. The van der Waals surface area contributed by atoms with E-state index in [-0.39, 0.29) is 25.0 Å². The number of hydrogen-bond donors (Lipinski definition) is 1. The van der Waals surface area contributed by atoms with Gasteiger partial charge in [-0.3, -0.25) is 9.69 Å². The highest BCUT2D eigenvalue weighted by Crippen LogP contribution is 2.23. The van der Waals surface area contributed by atoms with E-state index in [0.717, 1.165) is 45.8 Å². The molecule has 3 rings (SSSR count). The van der Waals surface area contributed by atoms with Gasteiger partial charge in [-0.25, -0.2) is 0 Å². The van der Waals surface area contributed by atoms with E-state index in [9.17, 15) is 9.90 Å². The second-order valence-electron chi connectivity index (χ2n) is 6.42. The minimum atomic E-state index is 0.0197. The van der Waals surface area contributed by atoms with Crippen molar-refractivity contribution >= 4 is 5.91 Å². The maximum atomic E-state index is 12.5. The van der Waals surface area contributed by atoms with Crippen LogP contribution in [0.15, 0.2) is 12.4 Å². The van der Waals surface area contributed by atoms with Crippen molar-refractivity contribution in [3.05, 3.63) is 12.4 Å². The monoisotopic (exact) mass is 323 g/mol. The van der Waals surface area contributed by atoms with Crippen molar-refractivity contribution in [3.8, 4) is 0 Å². The molecular formula is C15H25N5O3. The first-order chi connectivity index (χ1) is 11.2. The second-order valence-corrected chi connectivity index (χ2v) is 6.42. The standard InChI is InChI=1S/C15H25N5O3/c21-12-14-7-13(8-18-3-5-23-6-4-18)9-19(10-14)15(22)11-20-16-1-2-17-20/h1-2,13-14,21H,3-12H2/t13-,14+/m0/s1. The lowest BCUT2D eigenvalue weighted by Crippen LogP contribution is -2.50. The SMILES string of the molecule is O=C(Cn1nccn1)N1C[C@H](CO)C[C@@H](CN2CCOCC2)C1. The molecule has 23 heavy (non-hydrogen) atoms. The van der Waals surface area contributed by atoms with E-state index in [2.05, 4.69) is 15.1 Å². The Morgan fingerprint density at radius 2 is 1.87 bits per heavy atom. The maximum Gasteiger partial charge on any atom is 0.246 e. The lowest BCUT2D eigenvalue weighted by Gasteiger charge is -2.40. The fraction of sp³-hybridized carbons (Fsp3) is 0.800. The summed E-state index contributed by atoms with van der Waals surface area (Å²) in [4.78, 5) is 18.1. The maximum absolute atomic E-state index is 12.5. The largest absolute Gasteiger partial charge is 0.396 e. The zero-order chi connectivity index (χ0) is 16.1. The van der Waals surface area contributed by atoms with Gasteiger partial charge in [-0.05, 0) is 18.3 Å². The van der Waals surface area contributed by atoms with Crippen LogP contribution in [0.2, 0.25) is 0 Å². The Bertz CT molecular complexity index is 489. The number of likely N-dealkylation sites (tertiary alicyclic amines) is 1. The molecule has 3 heterocycles. The zero-order valence-electron chi connectivity index (χ0n) is 13.4. The smallest absolute Gasteiger partial charge is 0.246 e. The molecule has 1 aromatic heterocycles. The molecule has 8 nitrogen and oxygen atoms in total.